The Morgan fingerprint density at radius 2 is 1.31 bits per heavy atom. The van der Waals surface area contributed by atoms with E-state index in [4.69, 9.17) is 69.6 Å². The number of hydrogen-bond donors (Lipinski definition) is 0. The van der Waals surface area contributed by atoms with Gasteiger partial charge >= 0.3 is 0 Å². The van der Waals surface area contributed by atoms with Crippen LogP contribution in [0.1, 0.15) is 47.0 Å². The van der Waals surface area contributed by atoms with Crippen molar-refractivity contribution in [1.29, 1.82) is 0 Å². The maximum absolute atomic E-state index is 13.6. The van der Waals surface area contributed by atoms with Gasteiger partial charge in [0.05, 0.1) is 41.8 Å². The Bertz CT molecular complexity index is 1430. The fraction of sp³-hybridized carbons (Fsp3) is 0.0833. The number of amides is 3. The number of hydrogen-bond acceptors (Lipinski definition) is 4. The molecule has 1 aliphatic heterocycles. The molecule has 0 fully saturated rings. The molecular formula is C24H12Cl6N2O4. The van der Waals surface area contributed by atoms with Crippen molar-refractivity contribution < 1.29 is 19.2 Å². The number of aryl methyl sites for hydroxylation is 1. The van der Waals surface area contributed by atoms with Gasteiger partial charge in [-0.05, 0) is 25.1 Å². The van der Waals surface area contributed by atoms with Crippen LogP contribution in [-0.4, -0.2) is 40.1 Å². The fourth-order valence-corrected chi connectivity index (χ4v) is 5.06. The lowest BCUT2D eigenvalue weighted by Crippen LogP contribution is -2.51. The van der Waals surface area contributed by atoms with E-state index in [1.807, 2.05) is 6.92 Å². The topological polar surface area (TPSA) is 74.8 Å². The number of hydrazine groups is 1. The average Bonchev–Trinajstić information content (AvgIpc) is 3.09. The summed E-state index contributed by atoms with van der Waals surface area (Å²) < 4.78 is 0. The van der Waals surface area contributed by atoms with Gasteiger partial charge in [-0.25, -0.2) is 5.01 Å². The first-order valence-corrected chi connectivity index (χ1v) is 12.3. The van der Waals surface area contributed by atoms with Crippen molar-refractivity contribution in [2.75, 3.05) is 6.54 Å². The number of nitrogens with zero attached hydrogens (tertiary/aromatic N) is 2. The van der Waals surface area contributed by atoms with Crippen molar-refractivity contribution in [3.63, 3.8) is 0 Å². The lowest BCUT2D eigenvalue weighted by Gasteiger charge is -2.29. The molecule has 4 rings (SSSR count). The van der Waals surface area contributed by atoms with Gasteiger partial charge in [0, 0.05) is 10.6 Å². The Labute approximate surface area is 235 Å². The van der Waals surface area contributed by atoms with Crippen LogP contribution in [0.15, 0.2) is 42.5 Å². The smallest absolute Gasteiger partial charge is 0.282 e. The summed E-state index contributed by atoms with van der Waals surface area (Å²) in [5.41, 5.74) is 0.362. The van der Waals surface area contributed by atoms with Crippen LogP contribution in [-0.2, 0) is 0 Å². The number of imide groups is 1. The molecule has 12 heteroatoms. The summed E-state index contributed by atoms with van der Waals surface area (Å²) in [5, 5.41) is 0.248. The number of ketones is 1. The molecule has 3 aromatic carbocycles. The molecule has 0 aromatic heterocycles. The summed E-state index contributed by atoms with van der Waals surface area (Å²) in [7, 11) is 0. The summed E-state index contributed by atoms with van der Waals surface area (Å²) in [6.45, 7) is 1.15. The molecule has 6 nitrogen and oxygen atoms in total. The fourth-order valence-electron chi connectivity index (χ4n) is 3.56. The van der Waals surface area contributed by atoms with Gasteiger partial charge in [0.15, 0.2) is 5.78 Å². The third-order valence-corrected chi connectivity index (χ3v) is 7.73. The van der Waals surface area contributed by atoms with E-state index >= 15 is 0 Å². The summed E-state index contributed by atoms with van der Waals surface area (Å²) in [4.78, 5) is 53.6. The Hall–Kier alpha value is -2.32. The van der Waals surface area contributed by atoms with Crippen LogP contribution in [0.4, 0.5) is 0 Å². The number of fused-ring (bicyclic) bond motifs is 1. The van der Waals surface area contributed by atoms with Crippen molar-refractivity contribution in [2.24, 2.45) is 0 Å². The second-order valence-corrected chi connectivity index (χ2v) is 10.1. The molecule has 3 aromatic rings. The maximum atomic E-state index is 13.6. The lowest BCUT2D eigenvalue weighted by atomic mass is 10.1. The van der Waals surface area contributed by atoms with E-state index in [9.17, 15) is 19.2 Å². The molecule has 0 aliphatic carbocycles. The summed E-state index contributed by atoms with van der Waals surface area (Å²) in [5.74, 6) is -3.51. The Morgan fingerprint density at radius 1 is 0.778 bits per heavy atom. The van der Waals surface area contributed by atoms with Gasteiger partial charge in [-0.1, -0.05) is 99.4 Å². The SMILES string of the molecule is Cc1ccc(C(=O)CN(C(=O)c2ccc(Cl)cc2Cl)N2C(=O)c3c(Cl)c(Cl)c(Cl)c(Cl)c3C2=O)cc1. The summed E-state index contributed by atoms with van der Waals surface area (Å²) >= 11 is 36.8. The second-order valence-electron chi connectivity index (χ2n) is 7.70. The van der Waals surface area contributed by atoms with Gasteiger partial charge in [0.25, 0.3) is 17.7 Å². The number of carbonyl (C=O) groups excluding carboxylic acids is 4. The molecule has 184 valence electrons. The van der Waals surface area contributed by atoms with Crippen molar-refractivity contribution in [3.05, 3.63) is 100 Å². The number of rotatable bonds is 5. The van der Waals surface area contributed by atoms with Crippen molar-refractivity contribution in [1.82, 2.24) is 10.0 Å². The molecule has 3 amide bonds. The quantitative estimate of drug-likeness (QED) is 0.131. The first-order chi connectivity index (χ1) is 16.9. The Balaban J connectivity index is 1.84. The molecule has 0 saturated heterocycles. The van der Waals surface area contributed by atoms with Crippen LogP contribution in [0.3, 0.4) is 0 Å². The standard InChI is InChI=1S/C24H12Cl6N2O4/c1-10-2-4-11(5-3-10)15(33)9-31(22(34)13-7-6-12(25)8-14(13)26)32-23(35)16-17(24(32)36)19(28)21(30)20(29)18(16)27/h2-8H,9H2,1H3. The van der Waals surface area contributed by atoms with E-state index < -0.39 is 30.0 Å². The zero-order valence-electron chi connectivity index (χ0n) is 18.0. The highest BCUT2D eigenvalue weighted by Crippen LogP contribution is 2.45. The minimum atomic E-state index is -1.02. The predicted octanol–water partition coefficient (Wildman–Crippen LogP) is 7.45. The van der Waals surface area contributed by atoms with E-state index in [1.54, 1.807) is 24.3 Å². The minimum Gasteiger partial charge on any atom is -0.292 e. The zero-order chi connectivity index (χ0) is 26.5. The van der Waals surface area contributed by atoms with Gasteiger partial charge in [0.2, 0.25) is 0 Å². The number of carbonyl (C=O) groups is 4. The molecule has 0 bridgehead atoms. The lowest BCUT2D eigenvalue weighted by molar-refractivity contribution is 0.00533. The van der Waals surface area contributed by atoms with Crippen LogP contribution < -0.4 is 0 Å². The third-order valence-electron chi connectivity index (χ3n) is 5.38. The van der Waals surface area contributed by atoms with Crippen LogP contribution in [0.25, 0.3) is 0 Å². The molecule has 0 atom stereocenters. The average molecular weight is 605 g/mol. The molecular weight excluding hydrogens is 593 g/mol. The van der Waals surface area contributed by atoms with E-state index in [-0.39, 0.29) is 52.4 Å². The van der Waals surface area contributed by atoms with Crippen LogP contribution in [0, 0.1) is 6.92 Å². The number of Topliss-reactive ketones (excluding diaryl/α,β-unsaturated/α-hetero) is 1. The van der Waals surface area contributed by atoms with Gasteiger partial charge in [0.1, 0.15) is 6.54 Å². The van der Waals surface area contributed by atoms with E-state index in [1.165, 1.54) is 18.2 Å². The Kier molecular flexibility index (Phi) is 7.58. The first-order valence-electron chi connectivity index (χ1n) is 10.1. The van der Waals surface area contributed by atoms with Gasteiger partial charge in [-0.15, -0.1) is 0 Å². The molecule has 1 heterocycles. The van der Waals surface area contributed by atoms with Gasteiger partial charge < -0.3 is 0 Å². The summed E-state index contributed by atoms with van der Waals surface area (Å²) in [6.07, 6.45) is 0. The highest BCUT2D eigenvalue weighted by molar-refractivity contribution is 6.55. The van der Waals surface area contributed by atoms with E-state index in [2.05, 4.69) is 0 Å². The van der Waals surface area contributed by atoms with Crippen LogP contribution in [0.2, 0.25) is 30.1 Å². The molecule has 0 unspecified atom stereocenters. The largest absolute Gasteiger partial charge is 0.292 e. The number of benzene rings is 3. The first kappa shape index (κ1) is 26.7. The monoisotopic (exact) mass is 602 g/mol. The van der Waals surface area contributed by atoms with E-state index in [0.717, 1.165) is 5.56 Å². The van der Waals surface area contributed by atoms with Crippen molar-refractivity contribution >= 4 is 93.1 Å². The summed E-state index contributed by atoms with van der Waals surface area (Å²) in [6, 6.07) is 10.6. The number of halogens is 6. The normalized spacial score (nSPS) is 12.7. The Morgan fingerprint density at radius 3 is 1.81 bits per heavy atom. The highest BCUT2D eigenvalue weighted by atomic mass is 35.5. The molecule has 0 spiro atoms. The zero-order valence-corrected chi connectivity index (χ0v) is 22.6. The van der Waals surface area contributed by atoms with Crippen molar-refractivity contribution in [3.8, 4) is 0 Å². The third kappa shape index (κ3) is 4.58. The predicted molar refractivity (Wildman–Crippen MR) is 140 cm³/mol. The van der Waals surface area contributed by atoms with Crippen LogP contribution in [0.5, 0.6) is 0 Å². The van der Waals surface area contributed by atoms with Crippen LogP contribution >= 0.6 is 69.6 Å². The molecule has 0 N–H and O–H groups in total. The van der Waals surface area contributed by atoms with Gasteiger partial charge in [-0.3, -0.25) is 19.2 Å². The molecule has 0 saturated carbocycles. The second kappa shape index (κ2) is 10.2. The van der Waals surface area contributed by atoms with E-state index in [0.29, 0.717) is 10.0 Å². The minimum absolute atomic E-state index is 0.0564. The van der Waals surface area contributed by atoms with Gasteiger partial charge in [-0.2, -0.15) is 5.01 Å². The molecule has 1 aliphatic rings. The highest BCUT2D eigenvalue weighted by Gasteiger charge is 2.46. The molecule has 0 radical (unpaired) electrons. The molecule has 36 heavy (non-hydrogen) atoms. The van der Waals surface area contributed by atoms with Crippen molar-refractivity contribution in [2.45, 2.75) is 6.92 Å². The maximum Gasteiger partial charge on any atom is 0.282 e.